The first-order valence-corrected chi connectivity index (χ1v) is 7.53. The van der Waals surface area contributed by atoms with Crippen molar-refractivity contribution < 1.29 is 5.11 Å². The molecule has 4 aliphatic carbocycles. The Labute approximate surface area is 105 Å². The van der Waals surface area contributed by atoms with Gasteiger partial charge in [0.15, 0.2) is 0 Å². The first-order valence-electron chi connectivity index (χ1n) is 7.53. The fraction of sp³-hybridized carbons (Fsp3) is 1.00. The van der Waals surface area contributed by atoms with Gasteiger partial charge < -0.3 is 10.4 Å². The molecule has 4 aliphatic rings. The Morgan fingerprint density at radius 2 is 1.65 bits per heavy atom. The van der Waals surface area contributed by atoms with Crippen LogP contribution in [0.25, 0.3) is 0 Å². The number of nitrogens with one attached hydrogen (secondary N) is 1. The summed E-state index contributed by atoms with van der Waals surface area (Å²) < 4.78 is 0. The summed E-state index contributed by atoms with van der Waals surface area (Å²) in [5, 5.41) is 12.5. The van der Waals surface area contributed by atoms with Crippen molar-refractivity contribution in [2.75, 3.05) is 13.2 Å². The van der Waals surface area contributed by atoms with E-state index in [1.165, 1.54) is 25.7 Å². The van der Waals surface area contributed by atoms with Crippen LogP contribution in [0.5, 0.6) is 0 Å². The lowest BCUT2D eigenvalue weighted by molar-refractivity contribution is -0.0570. The molecule has 1 unspecified atom stereocenters. The number of hydrogen-bond acceptors (Lipinski definition) is 2. The van der Waals surface area contributed by atoms with E-state index >= 15 is 0 Å². The summed E-state index contributed by atoms with van der Waals surface area (Å²) in [4.78, 5) is 0. The molecule has 0 spiro atoms. The molecule has 0 amide bonds. The number of hydrogen-bond donors (Lipinski definition) is 2. The quantitative estimate of drug-likeness (QED) is 0.770. The minimum absolute atomic E-state index is 0.265. The lowest BCUT2D eigenvalue weighted by Crippen LogP contribution is -2.47. The Kier molecular flexibility index (Phi) is 3.20. The van der Waals surface area contributed by atoms with Crippen LogP contribution in [0, 0.1) is 23.2 Å². The average Bonchev–Trinajstić information content (AvgIpc) is 2.26. The molecule has 1 atom stereocenters. The molecule has 0 saturated heterocycles. The summed E-state index contributed by atoms with van der Waals surface area (Å²) in [5.74, 6) is 3.20. The van der Waals surface area contributed by atoms with Gasteiger partial charge in [-0.3, -0.25) is 0 Å². The minimum atomic E-state index is 0.265. The Hall–Kier alpha value is -0.0800. The molecule has 98 valence electrons. The van der Waals surface area contributed by atoms with Gasteiger partial charge in [-0.25, -0.2) is 0 Å². The van der Waals surface area contributed by atoms with Crippen molar-refractivity contribution >= 4 is 0 Å². The normalized spacial score (nSPS) is 45.2. The predicted octanol–water partition coefficient (Wildman–Crippen LogP) is 2.56. The van der Waals surface area contributed by atoms with Gasteiger partial charge in [0, 0.05) is 6.04 Å². The van der Waals surface area contributed by atoms with E-state index in [1.54, 1.807) is 19.3 Å². The van der Waals surface area contributed by atoms with Gasteiger partial charge in [0.2, 0.25) is 0 Å². The second kappa shape index (κ2) is 4.55. The molecule has 0 aromatic heterocycles. The first-order chi connectivity index (χ1) is 8.19. The highest BCUT2D eigenvalue weighted by atomic mass is 16.3. The van der Waals surface area contributed by atoms with Crippen LogP contribution < -0.4 is 5.32 Å². The van der Waals surface area contributed by atoms with Gasteiger partial charge in [-0.05, 0) is 81.6 Å². The van der Waals surface area contributed by atoms with Gasteiger partial charge in [0.25, 0.3) is 0 Å². The SMILES string of the molecule is CC(CO)NCCC12CC3CC(CC(C3)C1)C2. The molecule has 17 heavy (non-hydrogen) atoms. The van der Waals surface area contributed by atoms with E-state index in [0.717, 1.165) is 24.3 Å². The van der Waals surface area contributed by atoms with E-state index in [4.69, 9.17) is 5.11 Å². The Bertz CT molecular complexity index is 241. The second-order valence-electron chi connectivity index (χ2n) is 7.21. The predicted molar refractivity (Wildman–Crippen MR) is 69.8 cm³/mol. The lowest BCUT2D eigenvalue weighted by atomic mass is 9.49. The van der Waals surface area contributed by atoms with Crippen molar-refractivity contribution in [3.8, 4) is 0 Å². The molecule has 0 aromatic rings. The van der Waals surface area contributed by atoms with Gasteiger partial charge >= 0.3 is 0 Å². The fourth-order valence-corrected chi connectivity index (χ4v) is 5.24. The van der Waals surface area contributed by atoms with Crippen molar-refractivity contribution in [3.63, 3.8) is 0 Å². The highest BCUT2D eigenvalue weighted by molar-refractivity contribution is 5.01. The van der Waals surface area contributed by atoms with E-state index < -0.39 is 0 Å². The minimum Gasteiger partial charge on any atom is -0.395 e. The summed E-state index contributed by atoms with van der Waals surface area (Å²) >= 11 is 0. The summed E-state index contributed by atoms with van der Waals surface area (Å²) in [7, 11) is 0. The fourth-order valence-electron chi connectivity index (χ4n) is 5.24. The lowest BCUT2D eigenvalue weighted by Gasteiger charge is -2.57. The summed E-state index contributed by atoms with van der Waals surface area (Å²) in [5.41, 5.74) is 0.691. The number of aliphatic hydroxyl groups is 1. The molecule has 2 nitrogen and oxygen atoms in total. The van der Waals surface area contributed by atoms with Gasteiger partial charge in [0.1, 0.15) is 0 Å². The van der Waals surface area contributed by atoms with Crippen LogP contribution in [0.15, 0.2) is 0 Å². The number of aliphatic hydroxyl groups excluding tert-OH is 1. The number of rotatable bonds is 5. The molecule has 4 bridgehead atoms. The van der Waals surface area contributed by atoms with Crippen LogP contribution in [0.3, 0.4) is 0 Å². The van der Waals surface area contributed by atoms with Crippen molar-refractivity contribution in [1.29, 1.82) is 0 Å². The third-order valence-electron chi connectivity index (χ3n) is 5.59. The van der Waals surface area contributed by atoms with Crippen LogP contribution in [0.2, 0.25) is 0 Å². The molecule has 4 rings (SSSR count). The third-order valence-corrected chi connectivity index (χ3v) is 5.59. The zero-order valence-electron chi connectivity index (χ0n) is 11.1. The molecule has 0 radical (unpaired) electrons. The molecule has 2 N–H and O–H groups in total. The molecule has 2 heteroatoms. The monoisotopic (exact) mass is 237 g/mol. The van der Waals surface area contributed by atoms with Gasteiger partial charge in [-0.2, -0.15) is 0 Å². The van der Waals surface area contributed by atoms with Gasteiger partial charge in [-0.1, -0.05) is 0 Å². The van der Waals surface area contributed by atoms with E-state index in [1.807, 2.05) is 0 Å². The topological polar surface area (TPSA) is 32.3 Å². The zero-order valence-corrected chi connectivity index (χ0v) is 11.1. The maximum absolute atomic E-state index is 9.03. The molecule has 0 aromatic carbocycles. The maximum Gasteiger partial charge on any atom is 0.0581 e. The van der Waals surface area contributed by atoms with E-state index in [2.05, 4.69) is 12.2 Å². The van der Waals surface area contributed by atoms with Gasteiger partial charge in [0.05, 0.1) is 6.61 Å². The molecular weight excluding hydrogens is 210 g/mol. The van der Waals surface area contributed by atoms with Gasteiger partial charge in [-0.15, -0.1) is 0 Å². The molecule has 0 aliphatic heterocycles. The van der Waals surface area contributed by atoms with Crippen molar-refractivity contribution in [2.24, 2.45) is 23.2 Å². The van der Waals surface area contributed by atoms with Crippen LogP contribution in [0.4, 0.5) is 0 Å². The average molecular weight is 237 g/mol. The summed E-state index contributed by atoms with van der Waals surface area (Å²) in [6, 6.07) is 0.268. The zero-order chi connectivity index (χ0) is 11.9. The highest BCUT2D eigenvalue weighted by Crippen LogP contribution is 2.61. The largest absolute Gasteiger partial charge is 0.395 e. The second-order valence-corrected chi connectivity index (χ2v) is 7.21. The first kappa shape index (κ1) is 12.0. The Balaban J connectivity index is 1.55. The standard InChI is InChI=1S/C15H27NO/c1-11(10-17)16-3-2-15-7-12-4-13(8-15)6-14(5-12)9-15/h11-14,16-17H,2-10H2,1H3. The van der Waals surface area contributed by atoms with E-state index in [9.17, 15) is 0 Å². The van der Waals surface area contributed by atoms with Crippen LogP contribution in [-0.4, -0.2) is 24.3 Å². The highest BCUT2D eigenvalue weighted by Gasteiger charge is 2.50. The molecule has 0 heterocycles. The Morgan fingerprint density at radius 1 is 1.12 bits per heavy atom. The summed E-state index contributed by atoms with van der Waals surface area (Å²) in [6.45, 7) is 3.44. The van der Waals surface area contributed by atoms with Crippen LogP contribution >= 0.6 is 0 Å². The third kappa shape index (κ3) is 2.39. The smallest absolute Gasteiger partial charge is 0.0581 e. The van der Waals surface area contributed by atoms with Crippen molar-refractivity contribution in [2.45, 2.75) is 57.9 Å². The van der Waals surface area contributed by atoms with Crippen LogP contribution in [-0.2, 0) is 0 Å². The van der Waals surface area contributed by atoms with E-state index in [0.29, 0.717) is 5.41 Å². The Morgan fingerprint density at radius 3 is 2.12 bits per heavy atom. The molecule has 4 saturated carbocycles. The molecule has 4 fully saturated rings. The van der Waals surface area contributed by atoms with Crippen molar-refractivity contribution in [1.82, 2.24) is 5.32 Å². The van der Waals surface area contributed by atoms with Crippen molar-refractivity contribution in [3.05, 3.63) is 0 Å². The van der Waals surface area contributed by atoms with E-state index in [-0.39, 0.29) is 12.6 Å². The maximum atomic E-state index is 9.03. The van der Waals surface area contributed by atoms with Crippen LogP contribution in [0.1, 0.15) is 51.9 Å². The summed E-state index contributed by atoms with van der Waals surface area (Å²) in [6.07, 6.45) is 10.5. The molecular formula is C15H27NO.